The molecule has 0 bridgehead atoms. The molecule has 1 amide bonds. The molecule has 1 N–H and O–H groups in total. The van der Waals surface area contributed by atoms with E-state index in [-0.39, 0.29) is 5.91 Å². The second-order valence-electron chi connectivity index (χ2n) is 4.09. The number of rotatable bonds is 8. The van der Waals surface area contributed by atoms with Crippen molar-refractivity contribution in [2.75, 3.05) is 19.0 Å². The van der Waals surface area contributed by atoms with Crippen molar-refractivity contribution in [1.82, 2.24) is 5.32 Å². The predicted octanol–water partition coefficient (Wildman–Crippen LogP) is 3.38. The van der Waals surface area contributed by atoms with Gasteiger partial charge in [0.15, 0.2) is 0 Å². The number of nitrogens with one attached hydrogen (secondary N) is 1. The fourth-order valence-electron chi connectivity index (χ4n) is 1.64. The average molecular weight is 314 g/mol. The molecule has 1 aromatic rings. The zero-order chi connectivity index (χ0) is 13.2. The van der Waals surface area contributed by atoms with Crippen molar-refractivity contribution in [3.8, 4) is 5.75 Å². The third-order valence-electron chi connectivity index (χ3n) is 2.68. The van der Waals surface area contributed by atoms with Crippen molar-refractivity contribution in [2.45, 2.75) is 25.7 Å². The van der Waals surface area contributed by atoms with Crippen LogP contribution in [0.5, 0.6) is 5.75 Å². The molecule has 0 atom stereocenters. The average Bonchev–Trinajstić information content (AvgIpc) is 2.42. The van der Waals surface area contributed by atoms with Crippen molar-refractivity contribution < 1.29 is 9.53 Å². The molecule has 0 aliphatic rings. The molecule has 1 rings (SSSR count). The third-order valence-corrected chi connectivity index (χ3v) is 3.24. The first-order valence-corrected chi connectivity index (χ1v) is 7.38. The zero-order valence-electron chi connectivity index (χ0n) is 10.7. The summed E-state index contributed by atoms with van der Waals surface area (Å²) >= 11 is 3.40. The number of halogens is 1. The number of methoxy groups -OCH3 is 1. The second kappa shape index (κ2) is 8.97. The Morgan fingerprint density at radius 3 is 2.78 bits per heavy atom. The maximum Gasteiger partial charge on any atom is 0.251 e. The number of carbonyl (C=O) groups is 1. The molecule has 18 heavy (non-hydrogen) atoms. The van der Waals surface area contributed by atoms with Gasteiger partial charge in [0.1, 0.15) is 5.75 Å². The minimum atomic E-state index is -0.0330. The van der Waals surface area contributed by atoms with E-state index in [1.165, 1.54) is 12.8 Å². The van der Waals surface area contributed by atoms with Crippen LogP contribution in [0.1, 0.15) is 36.0 Å². The van der Waals surface area contributed by atoms with Crippen LogP contribution in [-0.2, 0) is 0 Å². The Morgan fingerprint density at radius 1 is 1.28 bits per heavy atom. The molecule has 0 saturated heterocycles. The van der Waals surface area contributed by atoms with Gasteiger partial charge >= 0.3 is 0 Å². The van der Waals surface area contributed by atoms with Gasteiger partial charge in [-0.2, -0.15) is 0 Å². The van der Waals surface area contributed by atoms with E-state index in [4.69, 9.17) is 4.74 Å². The molecule has 100 valence electrons. The number of carbonyl (C=O) groups excluding carboxylic acids is 1. The van der Waals surface area contributed by atoms with Crippen LogP contribution in [0.2, 0.25) is 0 Å². The molecule has 1 aromatic carbocycles. The van der Waals surface area contributed by atoms with E-state index in [0.29, 0.717) is 11.3 Å². The first-order valence-electron chi connectivity index (χ1n) is 6.26. The third kappa shape index (κ3) is 5.54. The Balaban J connectivity index is 2.27. The summed E-state index contributed by atoms with van der Waals surface area (Å²) in [6.45, 7) is 0.734. The number of ether oxygens (including phenoxy) is 1. The molecule has 0 saturated carbocycles. The summed E-state index contributed by atoms with van der Waals surface area (Å²) in [4.78, 5) is 11.8. The highest BCUT2D eigenvalue weighted by molar-refractivity contribution is 9.09. The molecule has 0 spiro atoms. The van der Waals surface area contributed by atoms with Gasteiger partial charge in [0.25, 0.3) is 5.91 Å². The number of hydrogen-bond donors (Lipinski definition) is 1. The minimum absolute atomic E-state index is 0.0330. The predicted molar refractivity (Wildman–Crippen MR) is 77.6 cm³/mol. The SMILES string of the molecule is COc1cccc(C(=O)NCCCCCCBr)c1. The van der Waals surface area contributed by atoms with Crippen LogP contribution in [0.3, 0.4) is 0 Å². The van der Waals surface area contributed by atoms with Gasteiger partial charge in [0, 0.05) is 17.4 Å². The minimum Gasteiger partial charge on any atom is -0.497 e. The zero-order valence-corrected chi connectivity index (χ0v) is 12.3. The Bertz CT molecular complexity index is 369. The quantitative estimate of drug-likeness (QED) is 0.590. The fourth-order valence-corrected chi connectivity index (χ4v) is 2.04. The molecule has 0 fully saturated rings. The number of benzene rings is 1. The van der Waals surface area contributed by atoms with Crippen LogP contribution in [0.15, 0.2) is 24.3 Å². The summed E-state index contributed by atoms with van der Waals surface area (Å²) in [5, 5.41) is 3.98. The highest BCUT2D eigenvalue weighted by Crippen LogP contribution is 2.12. The van der Waals surface area contributed by atoms with Gasteiger partial charge in [-0.05, 0) is 31.0 Å². The smallest absolute Gasteiger partial charge is 0.251 e. The number of alkyl halides is 1. The van der Waals surface area contributed by atoms with Crippen molar-refractivity contribution in [3.05, 3.63) is 29.8 Å². The molecule has 4 heteroatoms. The lowest BCUT2D eigenvalue weighted by Gasteiger charge is -2.06. The van der Waals surface area contributed by atoms with E-state index >= 15 is 0 Å². The van der Waals surface area contributed by atoms with Gasteiger partial charge in [-0.3, -0.25) is 4.79 Å². The first-order chi connectivity index (χ1) is 8.77. The maximum absolute atomic E-state index is 11.8. The van der Waals surface area contributed by atoms with Crippen LogP contribution in [0, 0.1) is 0 Å². The van der Waals surface area contributed by atoms with Crippen LogP contribution in [0.25, 0.3) is 0 Å². The summed E-state index contributed by atoms with van der Waals surface area (Å²) in [5.41, 5.74) is 0.648. The van der Waals surface area contributed by atoms with Gasteiger partial charge in [-0.15, -0.1) is 0 Å². The topological polar surface area (TPSA) is 38.3 Å². The number of hydrogen-bond acceptors (Lipinski definition) is 2. The molecule has 0 aliphatic carbocycles. The molecule has 0 unspecified atom stereocenters. The van der Waals surface area contributed by atoms with Crippen molar-refractivity contribution in [2.24, 2.45) is 0 Å². The van der Waals surface area contributed by atoms with Crippen LogP contribution >= 0.6 is 15.9 Å². The summed E-state index contributed by atoms with van der Waals surface area (Å²) in [5.74, 6) is 0.675. The Hall–Kier alpha value is -1.03. The Labute approximate surface area is 117 Å². The Morgan fingerprint density at radius 2 is 2.06 bits per heavy atom. The lowest BCUT2D eigenvalue weighted by Crippen LogP contribution is -2.24. The van der Waals surface area contributed by atoms with Crippen LogP contribution in [0.4, 0.5) is 0 Å². The summed E-state index contributed by atoms with van der Waals surface area (Å²) in [7, 11) is 1.60. The van der Waals surface area contributed by atoms with Gasteiger partial charge in [0.05, 0.1) is 7.11 Å². The monoisotopic (exact) mass is 313 g/mol. The van der Waals surface area contributed by atoms with E-state index in [9.17, 15) is 4.79 Å². The summed E-state index contributed by atoms with van der Waals surface area (Å²) < 4.78 is 5.09. The standard InChI is InChI=1S/C14H20BrNO2/c1-18-13-8-6-7-12(11-13)14(17)16-10-5-3-2-4-9-15/h6-8,11H,2-5,9-10H2,1H3,(H,16,17). The van der Waals surface area contributed by atoms with Gasteiger partial charge in [-0.25, -0.2) is 0 Å². The molecule has 3 nitrogen and oxygen atoms in total. The molecule has 0 aromatic heterocycles. The van der Waals surface area contributed by atoms with E-state index < -0.39 is 0 Å². The molecule has 0 heterocycles. The second-order valence-corrected chi connectivity index (χ2v) is 4.88. The lowest BCUT2D eigenvalue weighted by molar-refractivity contribution is 0.0952. The number of unbranched alkanes of at least 4 members (excludes halogenated alkanes) is 3. The maximum atomic E-state index is 11.8. The van der Waals surface area contributed by atoms with E-state index in [2.05, 4.69) is 21.2 Å². The molecular weight excluding hydrogens is 294 g/mol. The largest absolute Gasteiger partial charge is 0.497 e. The molecular formula is C14H20BrNO2. The van der Waals surface area contributed by atoms with Crippen molar-refractivity contribution in [1.29, 1.82) is 0 Å². The first kappa shape index (κ1) is 15.0. The summed E-state index contributed by atoms with van der Waals surface area (Å²) in [6.07, 6.45) is 4.59. The normalized spacial score (nSPS) is 10.1. The Kier molecular flexibility index (Phi) is 7.49. The van der Waals surface area contributed by atoms with E-state index in [0.717, 1.165) is 24.7 Å². The number of amides is 1. The fraction of sp³-hybridized carbons (Fsp3) is 0.500. The van der Waals surface area contributed by atoms with E-state index in [1.807, 2.05) is 12.1 Å². The highest BCUT2D eigenvalue weighted by atomic mass is 79.9. The summed E-state index contributed by atoms with van der Waals surface area (Å²) in [6, 6.07) is 7.20. The van der Waals surface area contributed by atoms with Crippen LogP contribution in [-0.4, -0.2) is 24.9 Å². The molecule has 0 aliphatic heterocycles. The van der Waals surface area contributed by atoms with E-state index in [1.54, 1.807) is 19.2 Å². The molecule has 0 radical (unpaired) electrons. The van der Waals surface area contributed by atoms with Crippen molar-refractivity contribution in [3.63, 3.8) is 0 Å². The van der Waals surface area contributed by atoms with Gasteiger partial charge < -0.3 is 10.1 Å². The highest BCUT2D eigenvalue weighted by Gasteiger charge is 2.05. The van der Waals surface area contributed by atoms with Crippen molar-refractivity contribution >= 4 is 21.8 Å². The van der Waals surface area contributed by atoms with Gasteiger partial charge in [-0.1, -0.05) is 34.8 Å². The van der Waals surface area contributed by atoms with Gasteiger partial charge in [0.2, 0.25) is 0 Å². The lowest BCUT2D eigenvalue weighted by atomic mass is 10.2. The van der Waals surface area contributed by atoms with Crippen LogP contribution < -0.4 is 10.1 Å².